The summed E-state index contributed by atoms with van der Waals surface area (Å²) in [5, 5.41) is 11.2. The van der Waals surface area contributed by atoms with Gasteiger partial charge in [0.15, 0.2) is 6.04 Å². The normalized spacial score (nSPS) is 10.0. The van der Waals surface area contributed by atoms with Gasteiger partial charge in [0.05, 0.1) is 0 Å². The maximum atomic E-state index is 10.8. The zero-order valence-corrected chi connectivity index (χ0v) is 15.0. The van der Waals surface area contributed by atoms with E-state index in [9.17, 15) is 9.59 Å². The fourth-order valence-electron chi connectivity index (χ4n) is 1.43. The lowest BCUT2D eigenvalue weighted by atomic mass is 10.1. The molecule has 1 aromatic rings. The maximum Gasteiger partial charge on any atom is 0.330 e. The molecule has 0 aliphatic rings. The quantitative estimate of drug-likeness (QED) is 0.645. The summed E-state index contributed by atoms with van der Waals surface area (Å²) in [5.41, 5.74) is 1.91. The molecule has 0 unspecified atom stereocenters. The van der Waals surface area contributed by atoms with E-state index >= 15 is 0 Å². The third-order valence-corrected chi connectivity index (χ3v) is 2.35. The Hall–Kier alpha value is -2.80. The predicted octanol–water partition coefficient (Wildman–Crippen LogP) is 4.12. The van der Waals surface area contributed by atoms with Gasteiger partial charge in [0.1, 0.15) is 0 Å². The Morgan fingerprint density at radius 2 is 1.71 bits per heavy atom. The number of aliphatic carboxylic acids is 1. The molecule has 1 rings (SSSR count). The highest BCUT2D eigenvalue weighted by Crippen LogP contribution is 2.12. The Bertz CT molecular complexity index is 577. The summed E-state index contributed by atoms with van der Waals surface area (Å²) in [6, 6.07) is 7.61. The smallest absolute Gasteiger partial charge is 0.330 e. The molecule has 2 N–H and O–H groups in total. The number of hydrogen-bond donors (Lipinski definition) is 2. The Balaban J connectivity index is 0. The van der Waals surface area contributed by atoms with Crippen molar-refractivity contribution in [1.29, 1.82) is 0 Å². The molecule has 0 aliphatic heterocycles. The average molecular weight is 329 g/mol. The molecule has 0 saturated carbocycles. The molecule has 1 atom stereocenters. The minimum absolute atomic E-state index is 0.360. The summed E-state index contributed by atoms with van der Waals surface area (Å²) >= 11 is 0. The summed E-state index contributed by atoms with van der Waals surface area (Å²) in [6.45, 7) is 9.12. The van der Waals surface area contributed by atoms with Gasteiger partial charge in [-0.15, -0.1) is 12.3 Å². The Morgan fingerprint density at radius 3 is 2.00 bits per heavy atom. The van der Waals surface area contributed by atoms with Gasteiger partial charge in [-0.05, 0) is 33.3 Å². The maximum absolute atomic E-state index is 10.8. The second-order valence-electron chi connectivity index (χ2n) is 4.94. The first-order valence-electron chi connectivity index (χ1n) is 7.48. The topological polar surface area (TPSA) is 66.4 Å². The van der Waals surface area contributed by atoms with E-state index < -0.39 is 12.0 Å². The lowest BCUT2D eigenvalue weighted by Gasteiger charge is -2.12. The minimum atomic E-state index is -1.06. The van der Waals surface area contributed by atoms with Crippen LogP contribution >= 0.6 is 0 Å². The molecule has 0 heterocycles. The summed E-state index contributed by atoms with van der Waals surface area (Å²) < 4.78 is 0. The van der Waals surface area contributed by atoms with Crippen molar-refractivity contribution in [2.45, 2.75) is 40.7 Å². The van der Waals surface area contributed by atoms with Crippen molar-refractivity contribution in [2.24, 2.45) is 0 Å². The molecule has 1 aromatic carbocycles. The van der Waals surface area contributed by atoms with Crippen molar-refractivity contribution in [3.63, 3.8) is 0 Å². The second kappa shape index (κ2) is 15.1. The molecular weight excluding hydrogens is 302 g/mol. The van der Waals surface area contributed by atoms with Crippen molar-refractivity contribution in [3.8, 4) is 12.3 Å². The van der Waals surface area contributed by atoms with E-state index in [-0.39, 0.29) is 5.91 Å². The van der Waals surface area contributed by atoms with Gasteiger partial charge in [0, 0.05) is 6.92 Å². The fraction of sp³-hybridized carbons (Fsp3) is 0.300. The summed E-state index contributed by atoms with van der Waals surface area (Å²) in [4.78, 5) is 21.6. The minimum Gasteiger partial charge on any atom is -0.479 e. The number of rotatable bonds is 4. The Labute approximate surface area is 145 Å². The molecule has 4 heteroatoms. The van der Waals surface area contributed by atoms with Crippen molar-refractivity contribution in [3.05, 3.63) is 59.7 Å². The van der Waals surface area contributed by atoms with E-state index in [0.29, 0.717) is 5.56 Å². The third kappa shape index (κ3) is 14.2. The highest BCUT2D eigenvalue weighted by molar-refractivity contribution is 5.83. The molecule has 130 valence electrons. The molecule has 0 aromatic heterocycles. The van der Waals surface area contributed by atoms with Crippen LogP contribution in [-0.2, 0) is 9.59 Å². The number of benzene rings is 1. The van der Waals surface area contributed by atoms with E-state index in [1.165, 1.54) is 12.5 Å². The van der Waals surface area contributed by atoms with E-state index in [1.807, 2.05) is 19.1 Å². The number of carbonyl (C=O) groups excluding carboxylic acids is 1. The SMILES string of the molecule is C#CC.C/C=C\C=C(C)C.CC(=O)N[C@H](C(=O)O)c1ccccc1. The Morgan fingerprint density at radius 1 is 1.21 bits per heavy atom. The molecule has 1 amide bonds. The van der Waals surface area contributed by atoms with E-state index in [1.54, 1.807) is 37.3 Å². The molecule has 24 heavy (non-hydrogen) atoms. The van der Waals surface area contributed by atoms with Crippen LogP contribution in [0.25, 0.3) is 0 Å². The average Bonchev–Trinajstić information content (AvgIpc) is 2.52. The molecule has 0 aliphatic carbocycles. The highest BCUT2D eigenvalue weighted by Gasteiger charge is 2.19. The number of allylic oxidation sites excluding steroid dienone is 4. The molecular formula is C20H27NO3. The molecule has 0 radical (unpaired) electrons. The van der Waals surface area contributed by atoms with Gasteiger partial charge in [-0.2, -0.15) is 0 Å². The highest BCUT2D eigenvalue weighted by atomic mass is 16.4. The number of hydrogen-bond acceptors (Lipinski definition) is 2. The summed E-state index contributed by atoms with van der Waals surface area (Å²) in [5.74, 6) is 0.827. The van der Waals surface area contributed by atoms with Crippen LogP contribution in [0.4, 0.5) is 0 Å². The number of nitrogens with one attached hydrogen (secondary N) is 1. The molecule has 0 spiro atoms. The van der Waals surface area contributed by atoms with Gasteiger partial charge in [0.25, 0.3) is 0 Å². The number of carboxylic acids is 1. The summed E-state index contributed by atoms with van der Waals surface area (Å²) in [7, 11) is 0. The van der Waals surface area contributed by atoms with Crippen molar-refractivity contribution < 1.29 is 14.7 Å². The molecule has 4 nitrogen and oxygen atoms in total. The monoisotopic (exact) mass is 329 g/mol. The molecule has 0 fully saturated rings. The van der Waals surface area contributed by atoms with Crippen molar-refractivity contribution >= 4 is 11.9 Å². The van der Waals surface area contributed by atoms with Crippen LogP contribution in [0.5, 0.6) is 0 Å². The van der Waals surface area contributed by atoms with Crippen LogP contribution in [0.1, 0.15) is 46.2 Å². The van der Waals surface area contributed by atoms with E-state index in [2.05, 4.69) is 37.6 Å². The molecule has 0 saturated heterocycles. The lowest BCUT2D eigenvalue weighted by molar-refractivity contribution is -0.141. The van der Waals surface area contributed by atoms with Crippen LogP contribution < -0.4 is 5.32 Å². The Kier molecular flexibility index (Phi) is 14.8. The number of carboxylic acid groups (broad SMARTS) is 1. The second-order valence-corrected chi connectivity index (χ2v) is 4.94. The standard InChI is InChI=1S/C10H11NO3.C7H12.C3H4/c1-7(12)11-9(10(13)14)8-5-3-2-4-6-8;1-4-5-6-7(2)3;1-3-2/h2-6,9H,1H3,(H,11,12)(H,13,14);4-6H,1-3H3;1H,2H3/b;5-4-;/t9-;;/m0../s1. The number of carbonyl (C=O) groups is 2. The van der Waals surface area contributed by atoms with Crippen molar-refractivity contribution in [2.75, 3.05) is 0 Å². The van der Waals surface area contributed by atoms with Crippen LogP contribution in [-0.4, -0.2) is 17.0 Å². The van der Waals surface area contributed by atoms with E-state index in [4.69, 9.17) is 5.11 Å². The summed E-state index contributed by atoms with van der Waals surface area (Å²) in [6.07, 6.45) is 10.7. The largest absolute Gasteiger partial charge is 0.479 e. The first-order chi connectivity index (χ1) is 11.3. The van der Waals surface area contributed by atoms with Crippen LogP contribution in [0.3, 0.4) is 0 Å². The first-order valence-corrected chi connectivity index (χ1v) is 7.48. The molecule has 0 bridgehead atoms. The van der Waals surface area contributed by atoms with Gasteiger partial charge in [-0.3, -0.25) is 4.79 Å². The van der Waals surface area contributed by atoms with Gasteiger partial charge < -0.3 is 10.4 Å². The van der Waals surface area contributed by atoms with Gasteiger partial charge >= 0.3 is 5.97 Å². The van der Waals surface area contributed by atoms with Gasteiger partial charge in [-0.25, -0.2) is 4.79 Å². The third-order valence-electron chi connectivity index (χ3n) is 2.35. The fourth-order valence-corrected chi connectivity index (χ4v) is 1.43. The van der Waals surface area contributed by atoms with Crippen LogP contribution in [0, 0.1) is 12.3 Å². The van der Waals surface area contributed by atoms with Crippen LogP contribution in [0.15, 0.2) is 54.1 Å². The lowest BCUT2D eigenvalue weighted by Crippen LogP contribution is -2.31. The number of amides is 1. The van der Waals surface area contributed by atoms with Crippen LogP contribution in [0.2, 0.25) is 0 Å². The first kappa shape index (κ1) is 23.5. The number of terminal acetylenes is 1. The predicted molar refractivity (Wildman–Crippen MR) is 99.4 cm³/mol. The van der Waals surface area contributed by atoms with Gasteiger partial charge in [0.2, 0.25) is 5.91 Å². The van der Waals surface area contributed by atoms with E-state index in [0.717, 1.165) is 0 Å². The zero-order valence-electron chi connectivity index (χ0n) is 15.0. The zero-order chi connectivity index (χ0) is 19.0. The van der Waals surface area contributed by atoms with Crippen molar-refractivity contribution in [1.82, 2.24) is 5.32 Å². The van der Waals surface area contributed by atoms with Gasteiger partial charge in [-0.1, -0.05) is 54.1 Å².